The fourth-order valence-corrected chi connectivity index (χ4v) is 3.07. The van der Waals surface area contributed by atoms with Crippen LogP contribution in [-0.4, -0.2) is 33.3 Å². The molecule has 0 heterocycles. The molecule has 7 heteroatoms. The van der Waals surface area contributed by atoms with Gasteiger partial charge in [0.15, 0.2) is 11.5 Å². The van der Waals surface area contributed by atoms with Crippen molar-refractivity contribution in [3.05, 3.63) is 57.6 Å². The molecule has 0 aromatic heterocycles. The van der Waals surface area contributed by atoms with Crippen molar-refractivity contribution in [1.29, 1.82) is 0 Å². The van der Waals surface area contributed by atoms with Gasteiger partial charge in [0, 0.05) is 23.1 Å². The van der Waals surface area contributed by atoms with Crippen LogP contribution in [0.2, 0.25) is 10.0 Å². The average molecular weight is 397 g/mol. The summed E-state index contributed by atoms with van der Waals surface area (Å²) in [6, 6.07) is 10.9. The predicted molar refractivity (Wildman–Crippen MR) is 105 cm³/mol. The van der Waals surface area contributed by atoms with Gasteiger partial charge in [0.2, 0.25) is 0 Å². The molecule has 0 saturated carbocycles. The fraction of sp³-hybridized carbons (Fsp3) is 0.316. The van der Waals surface area contributed by atoms with Crippen LogP contribution in [-0.2, 0) is 12.8 Å². The summed E-state index contributed by atoms with van der Waals surface area (Å²) in [7, 11) is 3.20. The Hall–Kier alpha value is -2.11. The number of carbonyl (C=O) groups excluding carboxylic acids is 1. The van der Waals surface area contributed by atoms with E-state index in [4.69, 9.17) is 32.7 Å². The van der Waals surface area contributed by atoms with Crippen molar-refractivity contribution in [1.82, 2.24) is 10.6 Å². The Morgan fingerprint density at radius 2 is 1.42 bits per heavy atom. The number of hydrogen-bond acceptors (Lipinski definition) is 3. The van der Waals surface area contributed by atoms with Gasteiger partial charge in [-0.3, -0.25) is 0 Å². The van der Waals surface area contributed by atoms with Crippen LogP contribution in [0.5, 0.6) is 11.5 Å². The van der Waals surface area contributed by atoms with Gasteiger partial charge >= 0.3 is 6.03 Å². The van der Waals surface area contributed by atoms with E-state index in [9.17, 15) is 4.79 Å². The lowest BCUT2D eigenvalue weighted by atomic mass is 10.1. The van der Waals surface area contributed by atoms with Crippen LogP contribution in [0, 0.1) is 0 Å². The van der Waals surface area contributed by atoms with Crippen LogP contribution in [0.15, 0.2) is 36.4 Å². The molecule has 0 spiro atoms. The third kappa shape index (κ3) is 6.32. The molecule has 0 fully saturated rings. The van der Waals surface area contributed by atoms with E-state index in [1.54, 1.807) is 20.3 Å². The van der Waals surface area contributed by atoms with Crippen LogP contribution >= 0.6 is 23.2 Å². The SMILES string of the molecule is COc1ccc(CCNC(=O)NCCc2cc(Cl)cc(Cl)c2)cc1OC. The second-order valence-electron chi connectivity index (χ2n) is 5.65. The molecule has 0 aliphatic heterocycles. The second-order valence-corrected chi connectivity index (χ2v) is 6.52. The van der Waals surface area contributed by atoms with Gasteiger partial charge in [-0.15, -0.1) is 0 Å². The average Bonchev–Trinajstić information content (AvgIpc) is 2.60. The van der Waals surface area contributed by atoms with Gasteiger partial charge in [0.1, 0.15) is 0 Å². The molecule has 5 nitrogen and oxygen atoms in total. The summed E-state index contributed by atoms with van der Waals surface area (Å²) in [5, 5.41) is 6.83. The minimum absolute atomic E-state index is 0.210. The number of amides is 2. The van der Waals surface area contributed by atoms with Gasteiger partial charge in [-0.25, -0.2) is 4.79 Å². The molecule has 2 aromatic rings. The predicted octanol–water partition coefficient (Wildman–Crippen LogP) is 4.10. The molecule has 0 aliphatic carbocycles. The molecule has 2 N–H and O–H groups in total. The van der Waals surface area contributed by atoms with E-state index in [1.165, 1.54) is 0 Å². The Morgan fingerprint density at radius 3 is 2.00 bits per heavy atom. The van der Waals surface area contributed by atoms with Gasteiger partial charge < -0.3 is 20.1 Å². The summed E-state index contributed by atoms with van der Waals surface area (Å²) in [4.78, 5) is 11.9. The number of urea groups is 1. The number of nitrogens with one attached hydrogen (secondary N) is 2. The highest BCUT2D eigenvalue weighted by Gasteiger charge is 2.06. The van der Waals surface area contributed by atoms with Gasteiger partial charge in [-0.1, -0.05) is 29.3 Å². The Morgan fingerprint density at radius 1 is 0.846 bits per heavy atom. The van der Waals surface area contributed by atoms with Crippen LogP contribution in [0.25, 0.3) is 0 Å². The standard InChI is InChI=1S/C19H22Cl2N2O3/c1-25-17-4-3-13(11-18(17)26-2)5-7-22-19(24)23-8-6-14-9-15(20)12-16(21)10-14/h3-4,9-12H,5-8H2,1-2H3,(H2,22,23,24). The van der Waals surface area contributed by atoms with Crippen molar-refractivity contribution in [2.75, 3.05) is 27.3 Å². The summed E-state index contributed by atoms with van der Waals surface area (Å²) in [6.07, 6.45) is 1.35. The summed E-state index contributed by atoms with van der Waals surface area (Å²) in [5.41, 5.74) is 2.03. The van der Waals surface area contributed by atoms with Crippen molar-refractivity contribution < 1.29 is 14.3 Å². The summed E-state index contributed by atoms with van der Waals surface area (Å²) in [5.74, 6) is 1.36. The summed E-state index contributed by atoms with van der Waals surface area (Å²) >= 11 is 11.9. The van der Waals surface area contributed by atoms with E-state index in [0.29, 0.717) is 47.5 Å². The Balaban J connectivity index is 1.72. The maximum atomic E-state index is 11.9. The van der Waals surface area contributed by atoms with E-state index < -0.39 is 0 Å². The van der Waals surface area contributed by atoms with Crippen LogP contribution in [0.4, 0.5) is 4.79 Å². The van der Waals surface area contributed by atoms with Crippen molar-refractivity contribution in [2.45, 2.75) is 12.8 Å². The number of benzene rings is 2. The largest absolute Gasteiger partial charge is 0.493 e. The number of ether oxygens (including phenoxy) is 2. The first kappa shape index (κ1) is 20.2. The molecular formula is C19H22Cl2N2O3. The molecule has 2 rings (SSSR count). The number of halogens is 2. The van der Waals surface area contributed by atoms with Crippen molar-refractivity contribution in [3.8, 4) is 11.5 Å². The molecule has 2 amide bonds. The lowest BCUT2D eigenvalue weighted by Gasteiger charge is -2.11. The smallest absolute Gasteiger partial charge is 0.314 e. The highest BCUT2D eigenvalue weighted by Crippen LogP contribution is 2.27. The Bertz CT molecular complexity index is 733. The minimum atomic E-state index is -0.210. The molecule has 0 atom stereocenters. The molecule has 0 saturated heterocycles. The third-order valence-electron chi connectivity index (χ3n) is 3.77. The summed E-state index contributed by atoms with van der Waals surface area (Å²) in [6.45, 7) is 1.02. The number of methoxy groups -OCH3 is 2. The van der Waals surface area contributed by atoms with Crippen LogP contribution in [0.1, 0.15) is 11.1 Å². The first-order valence-electron chi connectivity index (χ1n) is 8.19. The molecule has 0 bridgehead atoms. The molecular weight excluding hydrogens is 375 g/mol. The van der Waals surface area contributed by atoms with Gasteiger partial charge in [-0.2, -0.15) is 0 Å². The maximum Gasteiger partial charge on any atom is 0.314 e. The van der Waals surface area contributed by atoms with E-state index in [2.05, 4.69) is 10.6 Å². The van der Waals surface area contributed by atoms with Crippen molar-refractivity contribution >= 4 is 29.2 Å². The van der Waals surface area contributed by atoms with Crippen molar-refractivity contribution in [3.63, 3.8) is 0 Å². The van der Waals surface area contributed by atoms with Gasteiger partial charge in [-0.05, 0) is 54.3 Å². The van der Waals surface area contributed by atoms with Crippen LogP contribution in [0.3, 0.4) is 0 Å². The lowest BCUT2D eigenvalue weighted by molar-refractivity contribution is 0.241. The Labute approximate surface area is 163 Å². The first-order valence-corrected chi connectivity index (χ1v) is 8.95. The zero-order valence-electron chi connectivity index (χ0n) is 14.8. The van der Waals surface area contributed by atoms with E-state index >= 15 is 0 Å². The lowest BCUT2D eigenvalue weighted by Crippen LogP contribution is -2.37. The number of hydrogen-bond donors (Lipinski definition) is 2. The fourth-order valence-electron chi connectivity index (χ4n) is 2.49. The van der Waals surface area contributed by atoms with Gasteiger partial charge in [0.05, 0.1) is 14.2 Å². The van der Waals surface area contributed by atoms with E-state index in [-0.39, 0.29) is 6.03 Å². The van der Waals surface area contributed by atoms with E-state index in [0.717, 1.165) is 11.1 Å². The third-order valence-corrected chi connectivity index (χ3v) is 4.21. The molecule has 2 aromatic carbocycles. The van der Waals surface area contributed by atoms with Gasteiger partial charge in [0.25, 0.3) is 0 Å². The highest BCUT2D eigenvalue weighted by molar-refractivity contribution is 6.34. The number of carbonyl (C=O) groups is 1. The molecule has 0 unspecified atom stereocenters. The molecule has 140 valence electrons. The zero-order valence-corrected chi connectivity index (χ0v) is 16.3. The minimum Gasteiger partial charge on any atom is -0.493 e. The number of rotatable bonds is 8. The quantitative estimate of drug-likeness (QED) is 0.705. The van der Waals surface area contributed by atoms with Crippen molar-refractivity contribution in [2.24, 2.45) is 0 Å². The normalized spacial score (nSPS) is 10.3. The van der Waals surface area contributed by atoms with E-state index in [1.807, 2.05) is 30.3 Å². The highest BCUT2D eigenvalue weighted by atomic mass is 35.5. The topological polar surface area (TPSA) is 59.6 Å². The Kier molecular flexibility index (Phi) is 7.88. The second kappa shape index (κ2) is 10.1. The maximum absolute atomic E-state index is 11.9. The summed E-state index contributed by atoms with van der Waals surface area (Å²) < 4.78 is 10.5. The van der Waals surface area contributed by atoms with Crippen LogP contribution < -0.4 is 20.1 Å². The molecule has 0 aliphatic rings. The molecule has 26 heavy (non-hydrogen) atoms. The zero-order chi connectivity index (χ0) is 18.9. The first-order chi connectivity index (χ1) is 12.5. The monoisotopic (exact) mass is 396 g/mol. The molecule has 0 radical (unpaired) electrons.